The lowest BCUT2D eigenvalue weighted by Crippen LogP contribution is -2.52. The van der Waals surface area contributed by atoms with E-state index >= 15 is 0 Å². The summed E-state index contributed by atoms with van der Waals surface area (Å²) in [7, 11) is -1.90. The number of aryl methyl sites for hydroxylation is 1. The highest BCUT2D eigenvalue weighted by Gasteiger charge is 2.34. The Kier molecular flexibility index (Phi) is 5.69. The van der Waals surface area contributed by atoms with E-state index < -0.39 is 16.3 Å². The Bertz CT molecular complexity index is 843. The highest BCUT2D eigenvalue weighted by atomic mass is 35.5. The number of benzene rings is 1. The van der Waals surface area contributed by atoms with Crippen molar-refractivity contribution < 1.29 is 13.2 Å². The van der Waals surface area contributed by atoms with Gasteiger partial charge in [-0.15, -0.1) is 0 Å². The van der Waals surface area contributed by atoms with E-state index in [0.717, 1.165) is 5.56 Å². The van der Waals surface area contributed by atoms with Crippen LogP contribution >= 0.6 is 11.6 Å². The first-order chi connectivity index (χ1) is 12.3. The van der Waals surface area contributed by atoms with Crippen LogP contribution in [0.15, 0.2) is 36.7 Å². The summed E-state index contributed by atoms with van der Waals surface area (Å²) >= 11 is 5.98. The minimum Gasteiger partial charge on any atom is -0.373 e. The lowest BCUT2D eigenvalue weighted by atomic mass is 10.1. The van der Waals surface area contributed by atoms with Crippen LogP contribution < -0.4 is 4.72 Å². The van der Waals surface area contributed by atoms with Gasteiger partial charge in [0, 0.05) is 37.6 Å². The molecule has 0 saturated carbocycles. The predicted octanol–water partition coefficient (Wildman–Crippen LogP) is 2.11. The van der Waals surface area contributed by atoms with E-state index in [9.17, 15) is 8.42 Å². The Hall–Kier alpha value is -1.45. The molecule has 1 saturated heterocycles. The molecule has 1 aliphatic rings. The van der Waals surface area contributed by atoms with Crippen LogP contribution in [-0.2, 0) is 22.0 Å². The average molecular weight is 399 g/mol. The summed E-state index contributed by atoms with van der Waals surface area (Å²) in [6.07, 6.45) is 3.12. The summed E-state index contributed by atoms with van der Waals surface area (Å²) in [6.45, 7) is 4.36. The molecule has 3 rings (SSSR count). The number of nitrogens with zero attached hydrogens (tertiary/aromatic N) is 3. The van der Waals surface area contributed by atoms with Crippen LogP contribution in [0, 0.1) is 0 Å². The molecule has 0 unspecified atom stereocenters. The Morgan fingerprint density at radius 2 is 1.85 bits per heavy atom. The molecule has 3 atom stereocenters. The highest BCUT2D eigenvalue weighted by Crippen LogP contribution is 2.24. The zero-order valence-electron chi connectivity index (χ0n) is 15.0. The maximum atomic E-state index is 13.0. The molecule has 2 heterocycles. The van der Waals surface area contributed by atoms with Gasteiger partial charge in [0.1, 0.15) is 11.9 Å². The Morgan fingerprint density at radius 1 is 1.23 bits per heavy atom. The largest absolute Gasteiger partial charge is 0.373 e. The second-order valence-corrected chi connectivity index (χ2v) is 8.72. The third kappa shape index (κ3) is 4.27. The van der Waals surface area contributed by atoms with Crippen LogP contribution in [0.2, 0.25) is 5.02 Å². The van der Waals surface area contributed by atoms with Crippen molar-refractivity contribution in [1.29, 1.82) is 0 Å². The second-order valence-electron chi connectivity index (χ2n) is 6.58. The maximum Gasteiger partial charge on any atom is 0.280 e. The molecule has 0 spiro atoms. The van der Waals surface area contributed by atoms with Gasteiger partial charge in [0.05, 0.1) is 12.2 Å². The van der Waals surface area contributed by atoms with Crippen LogP contribution in [0.3, 0.4) is 0 Å². The van der Waals surface area contributed by atoms with E-state index in [1.165, 1.54) is 4.31 Å². The molecule has 1 aromatic heterocycles. The lowest BCUT2D eigenvalue weighted by molar-refractivity contribution is -0.0444. The number of halogens is 1. The molecule has 7 nitrogen and oxygen atoms in total. The Morgan fingerprint density at radius 3 is 2.38 bits per heavy atom. The number of imidazole rings is 1. The molecule has 2 aromatic rings. The molecule has 1 aromatic carbocycles. The van der Waals surface area contributed by atoms with Crippen molar-refractivity contribution in [3.05, 3.63) is 53.1 Å². The average Bonchev–Trinajstić information content (AvgIpc) is 2.98. The summed E-state index contributed by atoms with van der Waals surface area (Å²) in [5, 5.41) is 0.589. The first-order valence-corrected chi connectivity index (χ1v) is 10.2. The topological polar surface area (TPSA) is 76.5 Å². The van der Waals surface area contributed by atoms with Gasteiger partial charge in [-0.1, -0.05) is 23.7 Å². The summed E-state index contributed by atoms with van der Waals surface area (Å²) < 4.78 is 37.7. The molecule has 9 heteroatoms. The number of nitrogens with one attached hydrogen (secondary N) is 1. The number of rotatable bonds is 5. The number of ether oxygens (including phenoxy) is 1. The molecule has 1 N–H and O–H groups in total. The summed E-state index contributed by atoms with van der Waals surface area (Å²) in [4.78, 5) is 4.33. The fraction of sp³-hybridized carbons (Fsp3) is 0.471. The van der Waals surface area contributed by atoms with Crippen molar-refractivity contribution in [2.24, 2.45) is 7.05 Å². The molecular weight excluding hydrogens is 376 g/mol. The van der Waals surface area contributed by atoms with Crippen molar-refractivity contribution in [2.75, 3.05) is 13.1 Å². The Labute approximate surface area is 159 Å². The summed E-state index contributed by atoms with van der Waals surface area (Å²) in [5.74, 6) is 0.602. The molecule has 0 amide bonds. The van der Waals surface area contributed by atoms with Crippen molar-refractivity contribution in [3.63, 3.8) is 0 Å². The maximum absolute atomic E-state index is 13.0. The van der Waals surface area contributed by atoms with Crippen molar-refractivity contribution in [2.45, 2.75) is 32.1 Å². The van der Waals surface area contributed by atoms with Crippen LogP contribution in [-0.4, -0.2) is 47.6 Å². The first kappa shape index (κ1) is 19.3. The standard InChI is InChI=1S/C17H23ClN4O3S/c1-12-10-22(11-13(2)25-12)26(23,24)20-16(17-19-8-9-21(17)3)14-4-6-15(18)7-5-14/h4-9,12-13,16,20H,10-11H2,1-3H3/t12-,13+,16-/m0/s1. The second kappa shape index (κ2) is 7.66. The minimum atomic E-state index is -3.73. The fourth-order valence-corrected chi connectivity index (χ4v) is 4.76. The monoisotopic (exact) mass is 398 g/mol. The predicted molar refractivity (Wildman–Crippen MR) is 100 cm³/mol. The third-order valence-corrected chi connectivity index (χ3v) is 6.08. The molecule has 26 heavy (non-hydrogen) atoms. The van der Waals surface area contributed by atoms with E-state index in [-0.39, 0.29) is 12.2 Å². The van der Waals surface area contributed by atoms with E-state index in [1.54, 1.807) is 41.2 Å². The minimum absolute atomic E-state index is 0.155. The van der Waals surface area contributed by atoms with Gasteiger partial charge < -0.3 is 9.30 Å². The normalized spacial score (nSPS) is 23.1. The van der Waals surface area contributed by atoms with Gasteiger partial charge in [-0.25, -0.2) is 4.98 Å². The van der Waals surface area contributed by atoms with Gasteiger partial charge in [-0.2, -0.15) is 17.4 Å². The van der Waals surface area contributed by atoms with Gasteiger partial charge in [0.15, 0.2) is 0 Å². The summed E-state index contributed by atoms with van der Waals surface area (Å²) in [6, 6.07) is 6.45. The van der Waals surface area contributed by atoms with Gasteiger partial charge >= 0.3 is 0 Å². The number of morpholine rings is 1. The number of hydrogen-bond donors (Lipinski definition) is 1. The smallest absolute Gasteiger partial charge is 0.280 e. The molecular formula is C17H23ClN4O3S. The molecule has 0 aliphatic carbocycles. The lowest BCUT2D eigenvalue weighted by Gasteiger charge is -2.35. The first-order valence-electron chi connectivity index (χ1n) is 8.42. The highest BCUT2D eigenvalue weighted by molar-refractivity contribution is 7.87. The van der Waals surface area contributed by atoms with E-state index in [1.807, 2.05) is 20.9 Å². The van der Waals surface area contributed by atoms with Gasteiger partial charge in [0.25, 0.3) is 10.2 Å². The number of aromatic nitrogens is 2. The Balaban J connectivity index is 1.92. The van der Waals surface area contributed by atoms with Crippen LogP contribution in [0.25, 0.3) is 0 Å². The van der Waals surface area contributed by atoms with Crippen molar-refractivity contribution >= 4 is 21.8 Å². The fourth-order valence-electron chi connectivity index (χ4n) is 3.13. The zero-order valence-corrected chi connectivity index (χ0v) is 16.5. The van der Waals surface area contributed by atoms with E-state index in [2.05, 4.69) is 9.71 Å². The molecule has 1 fully saturated rings. The molecule has 0 bridgehead atoms. The van der Waals surface area contributed by atoms with Crippen LogP contribution in [0.4, 0.5) is 0 Å². The SMILES string of the molecule is C[C@@H]1CN(S(=O)(=O)N[C@@H](c2ccc(Cl)cc2)c2nccn2C)C[C@H](C)O1. The van der Waals surface area contributed by atoms with Gasteiger partial charge in [0.2, 0.25) is 0 Å². The van der Waals surface area contributed by atoms with E-state index in [0.29, 0.717) is 23.9 Å². The zero-order chi connectivity index (χ0) is 18.9. The van der Waals surface area contributed by atoms with Crippen LogP contribution in [0.5, 0.6) is 0 Å². The molecule has 1 aliphatic heterocycles. The van der Waals surface area contributed by atoms with Gasteiger partial charge in [-0.05, 0) is 31.5 Å². The van der Waals surface area contributed by atoms with Gasteiger partial charge in [-0.3, -0.25) is 0 Å². The van der Waals surface area contributed by atoms with E-state index in [4.69, 9.17) is 16.3 Å². The van der Waals surface area contributed by atoms with Crippen molar-refractivity contribution in [3.8, 4) is 0 Å². The van der Waals surface area contributed by atoms with Crippen molar-refractivity contribution in [1.82, 2.24) is 18.6 Å². The number of hydrogen-bond acceptors (Lipinski definition) is 4. The summed E-state index contributed by atoms with van der Waals surface area (Å²) in [5.41, 5.74) is 0.765. The molecule has 142 valence electrons. The molecule has 0 radical (unpaired) electrons. The third-order valence-electron chi connectivity index (χ3n) is 4.31. The quantitative estimate of drug-likeness (QED) is 0.836. The van der Waals surface area contributed by atoms with Crippen LogP contribution in [0.1, 0.15) is 31.3 Å².